The van der Waals surface area contributed by atoms with Crippen LogP contribution >= 0.6 is 11.8 Å². The summed E-state index contributed by atoms with van der Waals surface area (Å²) in [5, 5.41) is 21.9. The van der Waals surface area contributed by atoms with Crippen molar-refractivity contribution >= 4 is 23.6 Å². The first-order valence-electron chi connectivity index (χ1n) is 13.1. The number of aromatic nitrogens is 2. The summed E-state index contributed by atoms with van der Waals surface area (Å²) in [5.41, 5.74) is 3.73. The molecule has 0 saturated carbocycles. The molecule has 1 amide bonds. The Morgan fingerprint density at radius 1 is 1.03 bits per heavy atom. The van der Waals surface area contributed by atoms with Crippen molar-refractivity contribution in [3.63, 3.8) is 0 Å². The zero-order valence-electron chi connectivity index (χ0n) is 22.0. The molecule has 2 aromatic carbocycles. The van der Waals surface area contributed by atoms with E-state index in [1.54, 1.807) is 18.0 Å². The number of amides is 1. The number of rotatable bonds is 13. The number of thioether (sulfide) groups is 1. The Hall–Kier alpha value is -3.18. The lowest BCUT2D eigenvalue weighted by Crippen LogP contribution is -2.31. The van der Waals surface area contributed by atoms with E-state index in [-0.39, 0.29) is 31.1 Å². The highest BCUT2D eigenvalue weighted by Gasteiger charge is 2.32. The number of imidazole rings is 1. The normalized spacial score (nSPS) is 19.1. The molecule has 1 aromatic heterocycles. The smallest absolute Gasteiger partial charge is 0.303 e. The summed E-state index contributed by atoms with van der Waals surface area (Å²) >= 11 is 1.65. The van der Waals surface area contributed by atoms with Gasteiger partial charge in [0.1, 0.15) is 0 Å². The van der Waals surface area contributed by atoms with Crippen molar-refractivity contribution in [3.05, 3.63) is 83.2 Å². The van der Waals surface area contributed by atoms with Crippen LogP contribution in [0.3, 0.4) is 0 Å². The first-order valence-corrected chi connectivity index (χ1v) is 14.1. The van der Waals surface area contributed by atoms with Crippen molar-refractivity contribution in [2.24, 2.45) is 7.05 Å². The first kappa shape index (κ1) is 28.8. The highest BCUT2D eigenvalue weighted by molar-refractivity contribution is 7.99. The monoisotopic (exact) mass is 553 g/mol. The summed E-state index contributed by atoms with van der Waals surface area (Å²) in [6.45, 7) is 0.394. The van der Waals surface area contributed by atoms with Gasteiger partial charge in [-0.05, 0) is 29.5 Å². The molecule has 10 heteroatoms. The van der Waals surface area contributed by atoms with Crippen LogP contribution in [0.15, 0.2) is 66.1 Å². The summed E-state index contributed by atoms with van der Waals surface area (Å²) in [5.74, 6) is -0.205. The Morgan fingerprint density at radius 3 is 2.38 bits per heavy atom. The largest absolute Gasteiger partial charge is 0.481 e. The molecule has 3 N–H and O–H groups in total. The van der Waals surface area contributed by atoms with Gasteiger partial charge in [0, 0.05) is 56.6 Å². The molecule has 0 bridgehead atoms. The van der Waals surface area contributed by atoms with Gasteiger partial charge in [-0.2, -0.15) is 0 Å². The number of aliphatic hydroxyl groups excluding tert-OH is 1. The van der Waals surface area contributed by atoms with Crippen LogP contribution in [0.5, 0.6) is 0 Å². The maximum absolute atomic E-state index is 12.1. The number of aliphatic carboxylic acids is 1. The second kappa shape index (κ2) is 14.3. The van der Waals surface area contributed by atoms with E-state index in [2.05, 4.69) is 10.3 Å². The Bertz CT molecular complexity index is 1210. The second-order valence-electron chi connectivity index (χ2n) is 9.60. The predicted molar refractivity (Wildman–Crippen MR) is 147 cm³/mol. The molecular formula is C29H35N3O6S. The standard InChI is InChI=1S/C29H35N3O6S/c1-32-15-14-30-29(32)39-19-24-16-25(22-10-8-21(18-33)9-11-22)38-28(37-24)23-12-6-20(7-13-23)17-31-26(34)4-2-3-5-27(35)36/h6-15,24-25,28,33H,2-5,16-19H2,1H3,(H,31,34)(H,35,36). The number of unbranched alkanes of at least 4 members (excludes halogenated alkanes) is 1. The van der Waals surface area contributed by atoms with Crippen molar-refractivity contribution in [3.8, 4) is 0 Å². The van der Waals surface area contributed by atoms with Gasteiger partial charge in [-0.3, -0.25) is 9.59 Å². The number of carboxylic acids is 1. The number of aryl methyl sites for hydroxylation is 1. The summed E-state index contributed by atoms with van der Waals surface area (Å²) in [4.78, 5) is 27.1. The molecule has 3 atom stereocenters. The van der Waals surface area contributed by atoms with Crippen molar-refractivity contribution in [2.45, 2.75) is 68.9 Å². The Morgan fingerprint density at radius 2 is 1.72 bits per heavy atom. The number of aliphatic hydroxyl groups is 1. The molecule has 4 rings (SSSR count). The number of nitrogens with one attached hydrogen (secondary N) is 1. The van der Waals surface area contributed by atoms with Crippen LogP contribution in [-0.4, -0.2) is 43.5 Å². The fraction of sp³-hybridized carbons (Fsp3) is 0.414. The molecule has 1 fully saturated rings. The van der Waals surface area contributed by atoms with Crippen LogP contribution in [-0.2, 0) is 39.3 Å². The lowest BCUT2D eigenvalue weighted by Gasteiger charge is -2.36. The highest BCUT2D eigenvalue weighted by Crippen LogP contribution is 2.39. The SMILES string of the molecule is Cn1ccnc1SCC1CC(c2ccc(CO)cc2)OC(c2ccc(CNC(=O)CCCCC(=O)O)cc2)O1. The van der Waals surface area contributed by atoms with Gasteiger partial charge in [0.15, 0.2) is 11.4 Å². The predicted octanol–water partition coefficient (Wildman–Crippen LogP) is 4.51. The zero-order valence-corrected chi connectivity index (χ0v) is 22.8. The summed E-state index contributed by atoms with van der Waals surface area (Å²) in [6.07, 6.45) is 5.07. The third kappa shape index (κ3) is 8.66. The molecule has 1 aliphatic heterocycles. The molecule has 0 aliphatic carbocycles. The number of hydrogen-bond donors (Lipinski definition) is 3. The molecule has 39 heavy (non-hydrogen) atoms. The number of carbonyl (C=O) groups is 2. The quantitative estimate of drug-likeness (QED) is 0.209. The minimum atomic E-state index is -0.842. The molecule has 9 nitrogen and oxygen atoms in total. The minimum absolute atomic E-state index is 0.00199. The fourth-order valence-corrected chi connectivity index (χ4v) is 5.27. The number of hydrogen-bond acceptors (Lipinski definition) is 7. The van der Waals surface area contributed by atoms with E-state index in [0.29, 0.717) is 32.2 Å². The Labute approximate surface area is 232 Å². The maximum atomic E-state index is 12.1. The van der Waals surface area contributed by atoms with Gasteiger partial charge >= 0.3 is 5.97 Å². The molecular weight excluding hydrogens is 518 g/mol. The summed E-state index contributed by atoms with van der Waals surface area (Å²) < 4.78 is 14.8. The van der Waals surface area contributed by atoms with Crippen molar-refractivity contribution in [1.29, 1.82) is 0 Å². The van der Waals surface area contributed by atoms with E-state index in [0.717, 1.165) is 33.2 Å². The van der Waals surface area contributed by atoms with E-state index in [1.165, 1.54) is 0 Å². The minimum Gasteiger partial charge on any atom is -0.481 e. The van der Waals surface area contributed by atoms with Gasteiger partial charge in [-0.25, -0.2) is 4.98 Å². The van der Waals surface area contributed by atoms with E-state index < -0.39 is 12.3 Å². The zero-order chi connectivity index (χ0) is 27.6. The molecule has 0 spiro atoms. The summed E-state index contributed by atoms with van der Waals surface area (Å²) in [6, 6.07) is 15.6. The first-order chi connectivity index (χ1) is 18.9. The average molecular weight is 554 g/mol. The summed E-state index contributed by atoms with van der Waals surface area (Å²) in [7, 11) is 1.97. The molecule has 2 heterocycles. The maximum Gasteiger partial charge on any atom is 0.303 e. The van der Waals surface area contributed by atoms with Crippen LogP contribution in [0.4, 0.5) is 0 Å². The number of nitrogens with zero attached hydrogens (tertiary/aromatic N) is 2. The topological polar surface area (TPSA) is 123 Å². The molecule has 1 saturated heterocycles. The van der Waals surface area contributed by atoms with Gasteiger partial charge in [0.25, 0.3) is 0 Å². The number of benzene rings is 2. The lowest BCUT2D eigenvalue weighted by molar-refractivity contribution is -0.245. The van der Waals surface area contributed by atoms with Crippen molar-refractivity contribution in [1.82, 2.24) is 14.9 Å². The third-order valence-corrected chi connectivity index (χ3v) is 7.77. The van der Waals surface area contributed by atoms with Gasteiger partial charge in [-0.1, -0.05) is 60.3 Å². The molecule has 3 aromatic rings. The van der Waals surface area contributed by atoms with Crippen LogP contribution < -0.4 is 5.32 Å². The molecule has 208 valence electrons. The van der Waals surface area contributed by atoms with E-state index in [9.17, 15) is 14.7 Å². The Kier molecular flexibility index (Phi) is 10.5. The van der Waals surface area contributed by atoms with Gasteiger partial charge in [-0.15, -0.1) is 0 Å². The molecule has 3 unspecified atom stereocenters. The van der Waals surface area contributed by atoms with Crippen molar-refractivity contribution < 1.29 is 29.3 Å². The fourth-order valence-electron chi connectivity index (χ4n) is 4.32. The average Bonchev–Trinajstić information content (AvgIpc) is 3.37. The van der Waals surface area contributed by atoms with Crippen LogP contribution in [0.2, 0.25) is 0 Å². The van der Waals surface area contributed by atoms with Crippen LogP contribution in [0, 0.1) is 0 Å². The van der Waals surface area contributed by atoms with Gasteiger partial charge in [0.05, 0.1) is 18.8 Å². The van der Waals surface area contributed by atoms with Crippen LogP contribution in [0.1, 0.15) is 66.8 Å². The van der Waals surface area contributed by atoms with Crippen molar-refractivity contribution in [2.75, 3.05) is 5.75 Å². The number of carboxylic acid groups (broad SMARTS) is 1. The van der Waals surface area contributed by atoms with E-state index in [1.807, 2.05) is 66.3 Å². The van der Waals surface area contributed by atoms with E-state index >= 15 is 0 Å². The van der Waals surface area contributed by atoms with Crippen LogP contribution in [0.25, 0.3) is 0 Å². The highest BCUT2D eigenvalue weighted by atomic mass is 32.2. The second-order valence-corrected chi connectivity index (χ2v) is 10.6. The number of ether oxygens (including phenoxy) is 2. The molecule has 0 radical (unpaired) electrons. The van der Waals surface area contributed by atoms with Gasteiger partial charge in [0.2, 0.25) is 5.91 Å². The molecule has 1 aliphatic rings. The Balaban J connectivity index is 1.38. The third-order valence-electron chi connectivity index (χ3n) is 6.58. The van der Waals surface area contributed by atoms with E-state index in [4.69, 9.17) is 14.6 Å². The lowest BCUT2D eigenvalue weighted by atomic mass is 10.0. The number of carbonyl (C=O) groups excluding carboxylic acids is 1. The van der Waals surface area contributed by atoms with Gasteiger partial charge < -0.3 is 29.6 Å².